The fourth-order valence-electron chi connectivity index (χ4n) is 5.21. The van der Waals surface area contributed by atoms with Crippen molar-refractivity contribution in [3.05, 3.63) is 29.8 Å². The van der Waals surface area contributed by atoms with E-state index in [9.17, 15) is 19.2 Å². The summed E-state index contributed by atoms with van der Waals surface area (Å²) in [5.74, 6) is -1.25. The minimum atomic E-state index is -0.677. The van der Waals surface area contributed by atoms with Crippen LogP contribution in [0.15, 0.2) is 24.3 Å². The molecule has 9 heteroatoms. The number of rotatable bonds is 8. The smallest absolute Gasteiger partial charge is 0.410 e. The molecular formula is C28H42N4O5. The molecule has 0 bridgehead atoms. The van der Waals surface area contributed by atoms with E-state index < -0.39 is 29.6 Å². The summed E-state index contributed by atoms with van der Waals surface area (Å²) in [5, 5.41) is 0. The van der Waals surface area contributed by atoms with E-state index in [0.717, 1.165) is 37.1 Å². The molecule has 37 heavy (non-hydrogen) atoms. The average molecular weight is 515 g/mol. The number of nitrogens with zero attached hydrogens (tertiary/aromatic N) is 3. The van der Waals surface area contributed by atoms with Crippen molar-refractivity contribution in [1.29, 1.82) is 0 Å². The van der Waals surface area contributed by atoms with E-state index in [1.54, 1.807) is 37.6 Å². The second-order valence-electron chi connectivity index (χ2n) is 11.3. The highest BCUT2D eigenvalue weighted by Crippen LogP contribution is 2.30. The van der Waals surface area contributed by atoms with E-state index in [1.807, 2.05) is 36.1 Å². The summed E-state index contributed by atoms with van der Waals surface area (Å²) in [6.07, 6.45) is 2.24. The zero-order valence-corrected chi connectivity index (χ0v) is 22.9. The van der Waals surface area contributed by atoms with E-state index in [4.69, 9.17) is 10.5 Å². The second-order valence-corrected chi connectivity index (χ2v) is 11.3. The SMILES string of the molecule is CC[C@@H]1CCCN(C(=O)OC(C)(C)C)[C@@H]1C(=O)C[C@@H](Cc1ccc(N2CCN(C)C(=O)C2)cc1)C(N)=O. The molecule has 1 aromatic carbocycles. The lowest BCUT2D eigenvalue weighted by molar-refractivity contribution is -0.132. The number of anilines is 1. The summed E-state index contributed by atoms with van der Waals surface area (Å²) in [5.41, 5.74) is 6.90. The number of likely N-dealkylation sites (tertiary alicyclic amines) is 1. The lowest BCUT2D eigenvalue weighted by atomic mass is 9.81. The lowest BCUT2D eigenvalue weighted by Crippen LogP contribution is -2.54. The summed E-state index contributed by atoms with van der Waals surface area (Å²) in [4.78, 5) is 56.2. The summed E-state index contributed by atoms with van der Waals surface area (Å²) < 4.78 is 5.59. The Morgan fingerprint density at radius 2 is 1.78 bits per heavy atom. The molecule has 2 aliphatic heterocycles. The first-order valence-corrected chi connectivity index (χ1v) is 13.3. The van der Waals surface area contributed by atoms with Crippen LogP contribution in [0, 0.1) is 11.8 Å². The molecule has 2 N–H and O–H groups in total. The molecule has 0 unspecified atom stereocenters. The van der Waals surface area contributed by atoms with Crippen molar-refractivity contribution < 1.29 is 23.9 Å². The Bertz CT molecular complexity index is 987. The maximum atomic E-state index is 13.6. The molecule has 1 aromatic rings. The van der Waals surface area contributed by atoms with E-state index in [-0.39, 0.29) is 24.0 Å². The Balaban J connectivity index is 1.70. The summed E-state index contributed by atoms with van der Waals surface area (Å²) in [6.45, 7) is 9.66. The summed E-state index contributed by atoms with van der Waals surface area (Å²) in [6, 6.07) is 7.09. The van der Waals surface area contributed by atoms with E-state index in [2.05, 4.69) is 0 Å². The molecule has 0 spiro atoms. The van der Waals surface area contributed by atoms with Gasteiger partial charge in [0, 0.05) is 44.7 Å². The van der Waals surface area contributed by atoms with Crippen molar-refractivity contribution in [2.24, 2.45) is 17.6 Å². The molecule has 3 atom stereocenters. The van der Waals surface area contributed by atoms with Gasteiger partial charge in [0.15, 0.2) is 5.78 Å². The van der Waals surface area contributed by atoms with Gasteiger partial charge < -0.3 is 20.3 Å². The first kappa shape index (κ1) is 28.5. The third-order valence-corrected chi connectivity index (χ3v) is 7.33. The summed E-state index contributed by atoms with van der Waals surface area (Å²) in [7, 11) is 1.80. The molecule has 2 fully saturated rings. The number of hydrogen-bond acceptors (Lipinski definition) is 6. The van der Waals surface area contributed by atoms with Crippen LogP contribution < -0.4 is 10.6 Å². The number of carbonyl (C=O) groups excluding carboxylic acids is 4. The Hall–Kier alpha value is -3.10. The highest BCUT2D eigenvalue weighted by Gasteiger charge is 2.41. The van der Waals surface area contributed by atoms with Gasteiger partial charge in [-0.1, -0.05) is 25.5 Å². The average Bonchev–Trinajstić information content (AvgIpc) is 2.84. The highest BCUT2D eigenvalue weighted by molar-refractivity contribution is 5.91. The van der Waals surface area contributed by atoms with Crippen molar-refractivity contribution in [3.63, 3.8) is 0 Å². The first-order valence-electron chi connectivity index (χ1n) is 13.3. The van der Waals surface area contributed by atoms with Gasteiger partial charge in [-0.05, 0) is 63.6 Å². The number of ether oxygens (including phenoxy) is 1. The third kappa shape index (κ3) is 7.46. The van der Waals surface area contributed by atoms with Gasteiger partial charge in [0.25, 0.3) is 0 Å². The molecule has 2 saturated heterocycles. The van der Waals surface area contributed by atoms with Crippen molar-refractivity contribution in [3.8, 4) is 0 Å². The number of piperidine rings is 1. The molecular weight excluding hydrogens is 472 g/mol. The fraction of sp³-hybridized carbons (Fsp3) is 0.643. The van der Waals surface area contributed by atoms with Crippen LogP contribution >= 0.6 is 0 Å². The zero-order chi connectivity index (χ0) is 27.3. The molecule has 0 saturated carbocycles. The van der Waals surface area contributed by atoms with Gasteiger partial charge in [0.1, 0.15) is 5.60 Å². The van der Waals surface area contributed by atoms with Crippen molar-refractivity contribution >= 4 is 29.4 Å². The molecule has 3 rings (SSSR count). The van der Waals surface area contributed by atoms with Crippen LogP contribution in [0.25, 0.3) is 0 Å². The van der Waals surface area contributed by atoms with E-state index in [0.29, 0.717) is 26.1 Å². The summed E-state index contributed by atoms with van der Waals surface area (Å²) >= 11 is 0. The van der Waals surface area contributed by atoms with Gasteiger partial charge in [-0.2, -0.15) is 0 Å². The van der Waals surface area contributed by atoms with Crippen LogP contribution in [0.2, 0.25) is 0 Å². The van der Waals surface area contributed by atoms with Gasteiger partial charge in [-0.25, -0.2) is 4.79 Å². The molecule has 0 aromatic heterocycles. The Labute approximate surface area is 220 Å². The minimum absolute atomic E-state index is 0.0212. The highest BCUT2D eigenvalue weighted by atomic mass is 16.6. The molecule has 2 heterocycles. The molecule has 2 aliphatic rings. The van der Waals surface area contributed by atoms with Crippen molar-refractivity contribution in [2.45, 2.75) is 71.4 Å². The predicted octanol–water partition coefficient (Wildman–Crippen LogP) is 2.99. The molecule has 204 valence electrons. The third-order valence-electron chi connectivity index (χ3n) is 7.33. The topological polar surface area (TPSA) is 113 Å². The van der Waals surface area contributed by atoms with Crippen molar-refractivity contribution in [1.82, 2.24) is 9.80 Å². The Kier molecular flexibility index (Phi) is 9.21. The number of Topliss-reactive ketones (excluding diaryl/α,β-unsaturated/α-hetero) is 1. The van der Waals surface area contributed by atoms with Gasteiger partial charge in [-0.3, -0.25) is 19.3 Å². The van der Waals surface area contributed by atoms with Crippen LogP contribution in [0.3, 0.4) is 0 Å². The largest absolute Gasteiger partial charge is 0.444 e. The van der Waals surface area contributed by atoms with E-state index in [1.165, 1.54) is 0 Å². The molecule has 3 amide bonds. The molecule has 9 nitrogen and oxygen atoms in total. The van der Waals surface area contributed by atoms with Gasteiger partial charge in [0.2, 0.25) is 11.8 Å². The van der Waals surface area contributed by atoms with E-state index >= 15 is 0 Å². The predicted molar refractivity (Wildman–Crippen MR) is 142 cm³/mol. The molecule has 0 aliphatic carbocycles. The van der Waals surface area contributed by atoms with Gasteiger partial charge in [0.05, 0.1) is 12.6 Å². The quantitative estimate of drug-likeness (QED) is 0.571. The van der Waals surface area contributed by atoms with Crippen LogP contribution in [0.4, 0.5) is 10.5 Å². The lowest BCUT2D eigenvalue weighted by Gasteiger charge is -2.41. The number of piperazine rings is 1. The number of carbonyl (C=O) groups is 4. The van der Waals surface area contributed by atoms with Crippen molar-refractivity contribution in [2.75, 3.05) is 38.1 Å². The first-order chi connectivity index (χ1) is 17.4. The standard InChI is InChI=1S/C28H42N4O5/c1-6-20-8-7-13-32(27(36)37-28(2,3)4)25(20)23(33)17-21(26(29)35)16-19-9-11-22(12-10-19)31-15-14-30(5)24(34)18-31/h9-12,20-21,25H,6-8,13-18H2,1-5H3,(H2,29,35)/t20-,21-,25+/m1/s1. The fourth-order valence-corrected chi connectivity index (χ4v) is 5.21. The zero-order valence-electron chi connectivity index (χ0n) is 22.9. The monoisotopic (exact) mass is 514 g/mol. The van der Waals surface area contributed by atoms with Crippen LogP contribution in [0.1, 0.15) is 58.9 Å². The number of likely N-dealkylation sites (N-methyl/N-ethyl adjacent to an activating group) is 1. The number of amides is 3. The maximum Gasteiger partial charge on any atom is 0.410 e. The Morgan fingerprint density at radius 1 is 1.11 bits per heavy atom. The number of benzene rings is 1. The normalized spacial score (nSPS) is 21.5. The Morgan fingerprint density at radius 3 is 2.35 bits per heavy atom. The number of ketones is 1. The van der Waals surface area contributed by atoms with Crippen LogP contribution in [-0.2, 0) is 25.5 Å². The maximum absolute atomic E-state index is 13.6. The second kappa shape index (κ2) is 12.0. The number of hydrogen-bond donors (Lipinski definition) is 1. The van der Waals surface area contributed by atoms with Crippen LogP contribution in [-0.4, -0.2) is 78.4 Å². The number of nitrogens with two attached hydrogens (primary N) is 1. The molecule has 0 radical (unpaired) electrons. The minimum Gasteiger partial charge on any atom is -0.444 e. The van der Waals surface area contributed by atoms with Crippen LogP contribution in [0.5, 0.6) is 0 Å². The van der Waals surface area contributed by atoms with Gasteiger partial charge in [-0.15, -0.1) is 0 Å². The number of primary amides is 1. The van der Waals surface area contributed by atoms with Gasteiger partial charge >= 0.3 is 6.09 Å².